The maximum atomic E-state index is 14.6. The van der Waals surface area contributed by atoms with E-state index in [0.29, 0.717) is 0 Å². The van der Waals surface area contributed by atoms with Crippen LogP contribution < -0.4 is 21.0 Å². The van der Waals surface area contributed by atoms with Crippen LogP contribution in [-0.4, -0.2) is 33.0 Å². The van der Waals surface area contributed by atoms with Gasteiger partial charge in [0, 0.05) is 6.07 Å². The number of halogens is 1. The number of allylic oxidation sites excluding steroid dienone is 2. The van der Waals surface area contributed by atoms with Gasteiger partial charge in [0.2, 0.25) is 0 Å². The molecule has 2 aromatic rings. The molecular weight excluding hydrogens is 343 g/mol. The summed E-state index contributed by atoms with van der Waals surface area (Å²) in [5, 5.41) is 0. The fraction of sp³-hybridized carbons (Fsp3) is 0.235. The third-order valence-electron chi connectivity index (χ3n) is 4.30. The van der Waals surface area contributed by atoms with Crippen LogP contribution in [0.3, 0.4) is 0 Å². The van der Waals surface area contributed by atoms with Crippen molar-refractivity contribution in [2.45, 2.75) is 13.1 Å². The van der Waals surface area contributed by atoms with Gasteiger partial charge in [0.05, 0.1) is 31.0 Å². The van der Waals surface area contributed by atoms with Crippen LogP contribution in [0.5, 0.6) is 5.75 Å². The predicted octanol–water partition coefficient (Wildman–Crippen LogP) is -0.132. The number of hydrogen-bond donors (Lipinski definition) is 0. The molecule has 4 rings (SSSR count). The first-order valence-electron chi connectivity index (χ1n) is 7.81. The molecule has 0 saturated carbocycles. The van der Waals surface area contributed by atoms with E-state index in [0.717, 1.165) is 10.6 Å². The smallest absolute Gasteiger partial charge is 0.352 e. The molecule has 1 amide bonds. The van der Waals surface area contributed by atoms with E-state index in [2.05, 4.69) is 5.92 Å². The maximum Gasteiger partial charge on any atom is 0.352 e. The van der Waals surface area contributed by atoms with Crippen LogP contribution in [-0.2, 0) is 17.9 Å². The monoisotopic (exact) mass is 356 g/mol. The highest BCUT2D eigenvalue weighted by molar-refractivity contribution is 5.98. The van der Waals surface area contributed by atoms with Gasteiger partial charge in [-0.1, -0.05) is 18.1 Å². The highest BCUT2D eigenvalue weighted by Gasteiger charge is 2.28. The summed E-state index contributed by atoms with van der Waals surface area (Å²) in [5.74, 6) is 1.28. The van der Waals surface area contributed by atoms with E-state index in [9.17, 15) is 18.8 Å². The Balaban J connectivity index is 1.94. The fourth-order valence-corrected chi connectivity index (χ4v) is 3.07. The molecule has 26 heavy (non-hydrogen) atoms. The molecule has 2 aliphatic heterocycles. The molecular formula is C17H13FN4O4. The van der Waals surface area contributed by atoms with Gasteiger partial charge in [-0.2, -0.15) is 0 Å². The van der Waals surface area contributed by atoms with E-state index in [-0.39, 0.29) is 43.4 Å². The predicted molar refractivity (Wildman–Crippen MR) is 90.1 cm³/mol. The van der Waals surface area contributed by atoms with Gasteiger partial charge in [0.25, 0.3) is 5.91 Å². The Kier molecular flexibility index (Phi) is 3.54. The van der Waals surface area contributed by atoms with E-state index >= 15 is 0 Å². The van der Waals surface area contributed by atoms with Crippen molar-refractivity contribution in [3.8, 4) is 23.8 Å². The van der Waals surface area contributed by atoms with Gasteiger partial charge in [-0.3, -0.25) is 9.69 Å². The summed E-state index contributed by atoms with van der Waals surface area (Å²) in [6.45, 7) is 0.142. The van der Waals surface area contributed by atoms with Crippen LogP contribution >= 0.6 is 0 Å². The molecule has 0 fully saturated rings. The minimum Gasteiger partial charge on any atom is -0.481 e. The Morgan fingerprint density at radius 3 is 2.35 bits per heavy atom. The number of fused-ring (bicyclic) bond motifs is 2. The van der Waals surface area contributed by atoms with Gasteiger partial charge in [-0.05, 0) is 6.07 Å². The van der Waals surface area contributed by atoms with Crippen molar-refractivity contribution in [2.24, 2.45) is 0 Å². The van der Waals surface area contributed by atoms with Crippen molar-refractivity contribution in [3.05, 3.63) is 51.1 Å². The van der Waals surface area contributed by atoms with Crippen molar-refractivity contribution in [2.75, 3.05) is 18.1 Å². The average molecular weight is 356 g/mol. The van der Waals surface area contributed by atoms with Crippen molar-refractivity contribution in [1.82, 2.24) is 13.9 Å². The van der Waals surface area contributed by atoms with Crippen molar-refractivity contribution in [1.29, 1.82) is 0 Å². The van der Waals surface area contributed by atoms with Crippen LogP contribution in [0.4, 0.5) is 10.1 Å². The molecule has 9 heteroatoms. The van der Waals surface area contributed by atoms with Crippen molar-refractivity contribution < 1.29 is 13.9 Å². The van der Waals surface area contributed by atoms with Gasteiger partial charge in [0.15, 0.2) is 12.4 Å². The van der Waals surface area contributed by atoms with Crippen LogP contribution in [0.1, 0.15) is 0 Å². The first-order chi connectivity index (χ1) is 12.5. The lowest BCUT2D eigenvalue weighted by atomic mass is 10.2. The molecule has 1 aromatic heterocycles. The molecule has 0 N–H and O–H groups in total. The Hall–Kier alpha value is -3.54. The molecule has 132 valence electrons. The zero-order chi connectivity index (χ0) is 18.4. The average Bonchev–Trinajstić information content (AvgIpc) is 2.89. The van der Waals surface area contributed by atoms with Crippen LogP contribution in [0.25, 0.3) is 5.69 Å². The summed E-state index contributed by atoms with van der Waals surface area (Å²) in [6, 6.07) is 2.29. The summed E-state index contributed by atoms with van der Waals surface area (Å²) in [7, 11) is 0. The number of ether oxygens (including phenoxy) is 1. The highest BCUT2D eigenvalue weighted by Crippen LogP contribution is 2.35. The SMILES string of the molecule is C#CCN1C(=O)COc2cc(F)c(-n3c(=O)n4n(c3=O)CC=CC4)cc21. The largest absolute Gasteiger partial charge is 0.481 e. The summed E-state index contributed by atoms with van der Waals surface area (Å²) in [4.78, 5) is 38.5. The van der Waals surface area contributed by atoms with Crippen LogP contribution in [0, 0.1) is 18.2 Å². The highest BCUT2D eigenvalue weighted by atomic mass is 19.1. The second-order valence-corrected chi connectivity index (χ2v) is 5.78. The molecule has 0 unspecified atom stereocenters. The van der Waals surface area contributed by atoms with Gasteiger partial charge >= 0.3 is 11.4 Å². The number of anilines is 1. The number of carbonyl (C=O) groups is 1. The normalized spacial score (nSPS) is 15.2. The summed E-state index contributed by atoms with van der Waals surface area (Å²) in [6.07, 6.45) is 8.79. The van der Waals surface area contributed by atoms with E-state index in [1.165, 1.54) is 20.3 Å². The lowest BCUT2D eigenvalue weighted by molar-refractivity contribution is -0.121. The molecule has 1 aromatic carbocycles. The van der Waals surface area contributed by atoms with Gasteiger partial charge < -0.3 is 4.74 Å². The van der Waals surface area contributed by atoms with Crippen molar-refractivity contribution in [3.63, 3.8) is 0 Å². The molecule has 3 heterocycles. The van der Waals surface area contributed by atoms with Crippen LogP contribution in [0.2, 0.25) is 0 Å². The van der Waals surface area contributed by atoms with Gasteiger partial charge in [-0.15, -0.1) is 6.42 Å². The standard InChI is InChI=1S/C17H13FN4O4/c1-2-5-19-13-9-12(11(18)8-14(13)26-10-15(19)23)22-16(24)20-6-3-4-7-21(20)17(22)25/h1,3-4,8-9H,5-7,10H2. The zero-order valence-corrected chi connectivity index (χ0v) is 13.5. The Morgan fingerprint density at radius 1 is 1.08 bits per heavy atom. The minimum atomic E-state index is -0.811. The Labute approximate surface area is 146 Å². The number of amides is 1. The maximum absolute atomic E-state index is 14.6. The summed E-state index contributed by atoms with van der Waals surface area (Å²) >= 11 is 0. The van der Waals surface area contributed by atoms with E-state index in [4.69, 9.17) is 11.2 Å². The molecule has 0 saturated heterocycles. The quantitative estimate of drug-likeness (QED) is 0.555. The van der Waals surface area contributed by atoms with Crippen molar-refractivity contribution >= 4 is 11.6 Å². The number of rotatable bonds is 2. The van der Waals surface area contributed by atoms with Crippen LogP contribution in [0.15, 0.2) is 33.9 Å². The first-order valence-corrected chi connectivity index (χ1v) is 7.81. The number of terminal acetylenes is 1. The third-order valence-corrected chi connectivity index (χ3v) is 4.30. The topological polar surface area (TPSA) is 78.5 Å². The van der Waals surface area contributed by atoms with Gasteiger partial charge in [-0.25, -0.2) is 27.9 Å². The van der Waals surface area contributed by atoms with E-state index < -0.39 is 23.1 Å². The lowest BCUT2D eigenvalue weighted by Crippen LogP contribution is -2.39. The molecule has 0 bridgehead atoms. The van der Waals surface area contributed by atoms with E-state index in [1.54, 1.807) is 12.2 Å². The summed E-state index contributed by atoms with van der Waals surface area (Å²) < 4.78 is 23.1. The third kappa shape index (κ3) is 2.19. The first kappa shape index (κ1) is 16.0. The number of hydrogen-bond acceptors (Lipinski definition) is 4. The number of carbonyl (C=O) groups excluding carboxylic acids is 1. The Morgan fingerprint density at radius 2 is 1.73 bits per heavy atom. The number of nitrogens with zero attached hydrogens (tertiary/aromatic N) is 4. The summed E-state index contributed by atoms with van der Waals surface area (Å²) in [5.41, 5.74) is -1.36. The molecule has 0 atom stereocenters. The zero-order valence-electron chi connectivity index (χ0n) is 13.5. The molecule has 0 aliphatic carbocycles. The minimum absolute atomic E-state index is 0.0374. The molecule has 2 aliphatic rings. The second-order valence-electron chi connectivity index (χ2n) is 5.78. The fourth-order valence-electron chi connectivity index (χ4n) is 3.07. The number of aromatic nitrogens is 3. The lowest BCUT2D eigenvalue weighted by Gasteiger charge is -2.28. The van der Waals surface area contributed by atoms with Gasteiger partial charge in [0.1, 0.15) is 5.75 Å². The Bertz CT molecular complexity index is 1080. The molecule has 0 radical (unpaired) electrons. The molecule has 8 nitrogen and oxygen atoms in total. The van der Waals surface area contributed by atoms with E-state index in [1.807, 2.05) is 0 Å². The second kappa shape index (κ2) is 5.77. The molecule has 0 spiro atoms. The number of benzene rings is 1.